The van der Waals surface area contributed by atoms with Gasteiger partial charge in [-0.25, -0.2) is 34.9 Å². The summed E-state index contributed by atoms with van der Waals surface area (Å²) in [6.07, 6.45) is 9.46. The zero-order valence-electron chi connectivity index (χ0n) is 37.9. The molecule has 1 unspecified atom stereocenters. The number of halogens is 1. The van der Waals surface area contributed by atoms with E-state index in [4.69, 9.17) is 21.1 Å². The molecular weight excluding hydrogens is 852 g/mol. The fourth-order valence-corrected chi connectivity index (χ4v) is 6.77. The Bertz CT molecular complexity index is 2590. The molecule has 15 heteroatoms. The van der Waals surface area contributed by atoms with Crippen molar-refractivity contribution < 1.29 is 19.1 Å². The minimum atomic E-state index is -0.681. The quantitative estimate of drug-likeness (QED) is 0.0724. The molecule has 1 aliphatic heterocycles. The summed E-state index contributed by atoms with van der Waals surface area (Å²) in [6.45, 7) is 10.1. The number of amidine groups is 1. The number of benzene rings is 4. The van der Waals surface area contributed by atoms with Crippen molar-refractivity contribution in [1.29, 1.82) is 0 Å². The summed E-state index contributed by atoms with van der Waals surface area (Å²) in [5.74, 6) is 2.86. The van der Waals surface area contributed by atoms with Crippen molar-refractivity contribution in [2.24, 2.45) is 9.98 Å². The number of Topliss-reactive ketones (excluding diaryl/α,β-unsaturated/α-hetero) is 1. The van der Waals surface area contributed by atoms with Crippen LogP contribution in [0.2, 0.25) is 0 Å². The van der Waals surface area contributed by atoms with Crippen LogP contribution in [0.3, 0.4) is 0 Å². The van der Waals surface area contributed by atoms with Gasteiger partial charge in [0.25, 0.3) is 5.24 Å². The zero-order valence-corrected chi connectivity index (χ0v) is 38.7. The number of carbonyl (C=O) groups is 2. The van der Waals surface area contributed by atoms with E-state index in [0.29, 0.717) is 46.4 Å². The first kappa shape index (κ1) is 49.7. The van der Waals surface area contributed by atoms with Gasteiger partial charge in [0.2, 0.25) is 0 Å². The molecule has 0 bridgehead atoms. The third kappa shape index (κ3) is 15.2. The van der Waals surface area contributed by atoms with Crippen LogP contribution in [-0.2, 0) is 19.3 Å². The van der Waals surface area contributed by atoms with Crippen molar-refractivity contribution in [2.45, 2.75) is 52.5 Å². The van der Waals surface area contributed by atoms with E-state index in [-0.39, 0.29) is 5.78 Å². The highest BCUT2D eigenvalue weighted by atomic mass is 35.5. The third-order valence-electron chi connectivity index (χ3n) is 10.3. The van der Waals surface area contributed by atoms with E-state index in [1.54, 1.807) is 68.0 Å². The highest BCUT2D eigenvalue weighted by Gasteiger charge is 2.32. The number of rotatable bonds is 16. The number of aryl methyl sites for hydroxylation is 3. The highest BCUT2D eigenvalue weighted by Crippen LogP contribution is 2.25. The second-order valence-corrected chi connectivity index (χ2v) is 14.7. The summed E-state index contributed by atoms with van der Waals surface area (Å²) in [5.41, 5.74) is 5.46. The minimum absolute atomic E-state index is 0.127. The molecule has 4 heterocycles. The average Bonchev–Trinajstić information content (AvgIpc) is 4.05. The number of aromatic nitrogens is 7. The SMILES string of the molecule is CCN(CC)CC.COc1ccccc1C(=O)C1N=C(c2ccncn2)N=C1CCc1ccccc1.COc1ccccc1C(=O)Cl.c1ccc(CCc2nc(-c3ccncn3)n[nH]2)cc1. The fourth-order valence-electron chi connectivity index (χ4n) is 6.61. The first-order chi connectivity index (χ1) is 32.3. The standard InChI is InChI=1S/C23H20N4O2.C14H13N5.C8H7ClO2.C6H15N/c1-29-20-10-6-5-9-17(20)22(28)21-18(12-11-16-7-3-2-4-8-16)26-23(27-21)19-13-14-24-15-25-19;1-2-4-11(5-3-1)6-7-13-17-14(19-18-13)12-8-9-15-10-16-12;1-11-7-5-3-2-4-6(7)8(9)10;1-4-7(5-2)6-3/h2-10,13-15,21H,11-12H2,1H3;1-5,8-10H,6-7H2,(H,17,18,19);2-5H,1H3;4-6H2,1-3H3. The van der Waals surface area contributed by atoms with Crippen LogP contribution in [0.25, 0.3) is 11.5 Å². The predicted molar refractivity (Wildman–Crippen MR) is 260 cm³/mol. The van der Waals surface area contributed by atoms with Crippen LogP contribution in [0.1, 0.15) is 70.6 Å². The maximum atomic E-state index is 13.3. The molecule has 1 atom stereocenters. The highest BCUT2D eigenvalue weighted by molar-refractivity contribution is 6.68. The number of para-hydroxylation sites is 2. The summed E-state index contributed by atoms with van der Waals surface area (Å²) >= 11 is 5.27. The Balaban J connectivity index is 0.000000188. The number of H-pyrrole nitrogens is 1. The van der Waals surface area contributed by atoms with E-state index in [0.717, 1.165) is 36.5 Å². The van der Waals surface area contributed by atoms with E-state index in [1.165, 1.54) is 50.5 Å². The van der Waals surface area contributed by atoms with Gasteiger partial charge in [-0.15, -0.1) is 0 Å². The van der Waals surface area contributed by atoms with E-state index in [1.807, 2.05) is 48.5 Å². The third-order valence-corrected chi connectivity index (χ3v) is 10.5. The van der Waals surface area contributed by atoms with Crippen LogP contribution in [0.4, 0.5) is 0 Å². The number of carbonyl (C=O) groups excluding carboxylic acids is 2. The van der Waals surface area contributed by atoms with Gasteiger partial charge < -0.3 is 14.4 Å². The number of aliphatic imine (C=N–C) groups is 2. The van der Waals surface area contributed by atoms with Crippen LogP contribution in [0.15, 0.2) is 156 Å². The van der Waals surface area contributed by atoms with Crippen LogP contribution < -0.4 is 9.47 Å². The number of hydrogen-bond donors (Lipinski definition) is 1. The molecule has 0 radical (unpaired) electrons. The van der Waals surface area contributed by atoms with Crippen molar-refractivity contribution in [2.75, 3.05) is 33.9 Å². The monoisotopic (exact) mass is 906 g/mol. The molecule has 0 amide bonds. The molecule has 340 valence electrons. The van der Waals surface area contributed by atoms with Gasteiger partial charge in [0.15, 0.2) is 23.5 Å². The van der Waals surface area contributed by atoms with Crippen LogP contribution in [0.5, 0.6) is 11.5 Å². The lowest BCUT2D eigenvalue weighted by Gasteiger charge is -2.13. The van der Waals surface area contributed by atoms with Crippen molar-refractivity contribution in [3.05, 3.63) is 180 Å². The number of ether oxygens (including phenoxy) is 2. The Morgan fingerprint density at radius 3 is 1.65 bits per heavy atom. The van der Waals surface area contributed by atoms with Crippen molar-refractivity contribution in [1.82, 2.24) is 40.0 Å². The molecule has 0 saturated heterocycles. The predicted octanol–water partition coefficient (Wildman–Crippen LogP) is 9.04. The molecule has 1 aliphatic rings. The van der Waals surface area contributed by atoms with Gasteiger partial charge in [-0.2, -0.15) is 5.10 Å². The molecule has 8 rings (SSSR count). The van der Waals surface area contributed by atoms with E-state index < -0.39 is 11.3 Å². The van der Waals surface area contributed by atoms with Gasteiger partial charge in [0.05, 0.1) is 31.1 Å². The summed E-state index contributed by atoms with van der Waals surface area (Å²) in [7, 11) is 3.05. The Labute approximate surface area is 391 Å². The summed E-state index contributed by atoms with van der Waals surface area (Å²) in [6, 6.07) is 37.3. The fraction of sp³-hybridized carbons (Fsp3) is 0.255. The van der Waals surface area contributed by atoms with Crippen molar-refractivity contribution in [3.63, 3.8) is 0 Å². The Morgan fingerprint density at radius 2 is 1.15 bits per heavy atom. The van der Waals surface area contributed by atoms with Crippen LogP contribution >= 0.6 is 11.6 Å². The Hall–Kier alpha value is -7.29. The van der Waals surface area contributed by atoms with Crippen LogP contribution in [0, 0.1) is 0 Å². The molecule has 14 nitrogen and oxygen atoms in total. The molecule has 66 heavy (non-hydrogen) atoms. The minimum Gasteiger partial charge on any atom is -0.496 e. The zero-order chi connectivity index (χ0) is 46.9. The summed E-state index contributed by atoms with van der Waals surface area (Å²) in [5, 5.41) is 6.63. The molecule has 3 aromatic heterocycles. The molecule has 0 aliphatic carbocycles. The number of methoxy groups -OCH3 is 2. The molecule has 1 N–H and O–H groups in total. The maximum absolute atomic E-state index is 13.3. The second-order valence-electron chi connectivity index (χ2n) is 14.4. The number of nitrogens with one attached hydrogen (secondary N) is 1. The van der Waals surface area contributed by atoms with Gasteiger partial charge in [-0.1, -0.05) is 106 Å². The van der Waals surface area contributed by atoms with E-state index in [2.05, 4.69) is 95.0 Å². The second kappa shape index (κ2) is 27.1. The number of ketones is 1. The van der Waals surface area contributed by atoms with Gasteiger partial charge in [0, 0.05) is 18.8 Å². The maximum Gasteiger partial charge on any atom is 0.256 e. The topological polar surface area (TPSA) is 174 Å². The van der Waals surface area contributed by atoms with E-state index in [9.17, 15) is 9.59 Å². The normalized spacial score (nSPS) is 12.5. The van der Waals surface area contributed by atoms with Gasteiger partial charge in [-0.05, 0) is 98.0 Å². The molecule has 0 spiro atoms. The first-order valence-corrected chi connectivity index (χ1v) is 22.1. The summed E-state index contributed by atoms with van der Waals surface area (Å²) in [4.78, 5) is 56.3. The van der Waals surface area contributed by atoms with Crippen LogP contribution in [-0.4, -0.2) is 102 Å². The molecule has 0 fully saturated rings. The lowest BCUT2D eigenvalue weighted by atomic mass is 9.96. The largest absolute Gasteiger partial charge is 0.496 e. The summed E-state index contributed by atoms with van der Waals surface area (Å²) < 4.78 is 10.3. The smallest absolute Gasteiger partial charge is 0.256 e. The Morgan fingerprint density at radius 1 is 0.636 bits per heavy atom. The molecule has 4 aromatic carbocycles. The molecule has 0 saturated carbocycles. The van der Waals surface area contributed by atoms with Crippen molar-refractivity contribution >= 4 is 34.2 Å². The number of nitrogens with zero attached hydrogens (tertiary/aromatic N) is 9. The number of hydrogen-bond acceptors (Lipinski definition) is 13. The first-order valence-electron chi connectivity index (χ1n) is 21.7. The number of aromatic amines is 1. The Kier molecular flexibility index (Phi) is 20.4. The van der Waals surface area contributed by atoms with Crippen molar-refractivity contribution in [3.8, 4) is 23.0 Å². The van der Waals surface area contributed by atoms with Gasteiger partial charge in [0.1, 0.15) is 41.4 Å². The van der Waals surface area contributed by atoms with E-state index >= 15 is 0 Å². The average molecular weight is 908 g/mol. The van der Waals surface area contributed by atoms with Gasteiger partial charge in [-0.3, -0.25) is 14.7 Å². The molecule has 7 aromatic rings. The lowest BCUT2D eigenvalue weighted by molar-refractivity contribution is 0.0981. The van der Waals surface area contributed by atoms with Gasteiger partial charge >= 0.3 is 0 Å². The lowest BCUT2D eigenvalue weighted by Crippen LogP contribution is -2.27. The molecular formula is C51H55ClN10O4.